The number of para-hydroxylation sites is 1. The molecule has 0 atom stereocenters. The van der Waals surface area contributed by atoms with Crippen LogP contribution < -0.4 is 14.4 Å². The number of nitrogens with zero attached hydrogens (tertiary/aromatic N) is 1. The van der Waals surface area contributed by atoms with Gasteiger partial charge < -0.3 is 10.1 Å². The Balaban J connectivity index is 1.25. The van der Waals surface area contributed by atoms with Gasteiger partial charge in [0.25, 0.3) is 10.0 Å². The molecule has 4 bridgehead atoms. The third-order valence-corrected chi connectivity index (χ3v) is 9.95. The van der Waals surface area contributed by atoms with Crippen molar-refractivity contribution in [2.45, 2.75) is 49.0 Å². The molecule has 37 heavy (non-hydrogen) atoms. The number of anilines is 1. The molecule has 1 N–H and O–H groups in total. The quantitative estimate of drug-likeness (QED) is 0.413. The predicted molar refractivity (Wildman–Crippen MR) is 143 cm³/mol. The van der Waals surface area contributed by atoms with Crippen LogP contribution in [0.15, 0.2) is 89.8 Å². The molecule has 0 aliphatic heterocycles. The highest BCUT2D eigenvalue weighted by Crippen LogP contribution is 2.55. The van der Waals surface area contributed by atoms with Crippen LogP contribution in [-0.4, -0.2) is 26.4 Å². The van der Waals surface area contributed by atoms with E-state index in [2.05, 4.69) is 5.32 Å². The molecule has 0 heterocycles. The van der Waals surface area contributed by atoms with Gasteiger partial charge in [0.1, 0.15) is 18.0 Å². The fraction of sp³-hybridized carbons (Fsp3) is 0.367. The second-order valence-electron chi connectivity index (χ2n) is 11.0. The minimum Gasteiger partial charge on any atom is -0.457 e. The van der Waals surface area contributed by atoms with Crippen LogP contribution in [0.5, 0.6) is 11.5 Å². The lowest BCUT2D eigenvalue weighted by Crippen LogP contribution is -2.61. The van der Waals surface area contributed by atoms with Gasteiger partial charge in [-0.1, -0.05) is 36.4 Å². The van der Waals surface area contributed by atoms with Gasteiger partial charge in [-0.3, -0.25) is 9.10 Å². The number of ether oxygens (including phenoxy) is 1. The Morgan fingerprint density at radius 1 is 0.784 bits per heavy atom. The van der Waals surface area contributed by atoms with Gasteiger partial charge in [0.05, 0.1) is 10.6 Å². The Kier molecular flexibility index (Phi) is 6.19. The zero-order chi connectivity index (χ0) is 25.5. The van der Waals surface area contributed by atoms with Crippen LogP contribution in [0.1, 0.15) is 38.5 Å². The lowest BCUT2D eigenvalue weighted by molar-refractivity contribution is -0.125. The molecule has 3 aromatic carbocycles. The Morgan fingerprint density at radius 2 is 1.30 bits per heavy atom. The second-order valence-corrected chi connectivity index (χ2v) is 12.8. The molecule has 4 fully saturated rings. The zero-order valence-corrected chi connectivity index (χ0v) is 21.6. The minimum atomic E-state index is -3.96. The van der Waals surface area contributed by atoms with E-state index in [0.717, 1.165) is 19.3 Å². The van der Waals surface area contributed by atoms with Crippen molar-refractivity contribution < 1.29 is 17.9 Å². The van der Waals surface area contributed by atoms with E-state index in [1.54, 1.807) is 54.6 Å². The lowest BCUT2D eigenvalue weighted by atomic mass is 9.53. The molecule has 0 spiro atoms. The number of hydrogen-bond acceptors (Lipinski definition) is 4. The van der Waals surface area contributed by atoms with Crippen molar-refractivity contribution in [2.75, 3.05) is 10.8 Å². The average molecular weight is 517 g/mol. The van der Waals surface area contributed by atoms with Crippen LogP contribution in [0, 0.1) is 17.8 Å². The van der Waals surface area contributed by atoms with E-state index in [1.807, 2.05) is 30.3 Å². The highest BCUT2D eigenvalue weighted by atomic mass is 32.2. The predicted octanol–water partition coefficient (Wildman–Crippen LogP) is 5.76. The molecule has 3 aromatic rings. The maximum atomic E-state index is 13.7. The number of hydrogen-bond donors (Lipinski definition) is 1. The highest BCUT2D eigenvalue weighted by molar-refractivity contribution is 7.92. The van der Waals surface area contributed by atoms with E-state index in [1.165, 1.54) is 23.6 Å². The van der Waals surface area contributed by atoms with Gasteiger partial charge in [0, 0.05) is 5.54 Å². The topological polar surface area (TPSA) is 75.7 Å². The zero-order valence-electron chi connectivity index (χ0n) is 20.8. The first-order valence-corrected chi connectivity index (χ1v) is 14.5. The van der Waals surface area contributed by atoms with Crippen molar-refractivity contribution in [1.29, 1.82) is 0 Å². The van der Waals surface area contributed by atoms with Gasteiger partial charge in [-0.2, -0.15) is 0 Å². The molecular weight excluding hydrogens is 484 g/mol. The van der Waals surface area contributed by atoms with Crippen molar-refractivity contribution in [3.05, 3.63) is 84.9 Å². The summed E-state index contributed by atoms with van der Waals surface area (Å²) in [6.45, 7) is -0.266. The fourth-order valence-electron chi connectivity index (χ4n) is 7.07. The summed E-state index contributed by atoms with van der Waals surface area (Å²) in [7, 11) is -3.96. The fourth-order valence-corrected chi connectivity index (χ4v) is 8.51. The summed E-state index contributed by atoms with van der Waals surface area (Å²) in [5.74, 6) is 3.10. The number of nitrogens with one attached hydrogen (secondary N) is 1. The Bertz CT molecular complexity index is 1320. The monoisotopic (exact) mass is 516 g/mol. The number of rotatable bonds is 8. The van der Waals surface area contributed by atoms with Crippen LogP contribution in [0.2, 0.25) is 0 Å². The highest BCUT2D eigenvalue weighted by Gasteiger charge is 2.51. The molecule has 4 aliphatic carbocycles. The maximum Gasteiger partial charge on any atom is 0.264 e. The number of sulfonamides is 1. The van der Waals surface area contributed by atoms with E-state index in [0.29, 0.717) is 34.9 Å². The van der Waals surface area contributed by atoms with E-state index in [4.69, 9.17) is 4.74 Å². The van der Waals surface area contributed by atoms with Gasteiger partial charge in [-0.05, 0) is 105 Å². The van der Waals surface area contributed by atoms with Gasteiger partial charge in [0.15, 0.2) is 0 Å². The number of carbonyl (C=O) groups excluding carboxylic acids is 1. The Labute approximate surface area is 218 Å². The summed E-state index contributed by atoms with van der Waals surface area (Å²) in [5, 5.41) is 3.32. The molecule has 4 saturated carbocycles. The van der Waals surface area contributed by atoms with Crippen molar-refractivity contribution in [1.82, 2.24) is 5.32 Å². The van der Waals surface area contributed by atoms with Gasteiger partial charge in [-0.15, -0.1) is 0 Å². The molecule has 7 rings (SSSR count). The summed E-state index contributed by atoms with van der Waals surface area (Å²) in [4.78, 5) is 13.6. The third kappa shape index (κ3) is 4.97. The van der Waals surface area contributed by atoms with Crippen molar-refractivity contribution >= 4 is 21.6 Å². The molecule has 6 nitrogen and oxygen atoms in total. The number of benzene rings is 3. The second kappa shape index (κ2) is 9.53. The Hall–Kier alpha value is -3.32. The summed E-state index contributed by atoms with van der Waals surface area (Å²) >= 11 is 0. The summed E-state index contributed by atoms with van der Waals surface area (Å²) < 4.78 is 34.5. The summed E-state index contributed by atoms with van der Waals surface area (Å²) in [5.41, 5.74) is 0.242. The molecular formula is C30H32N2O4S. The smallest absolute Gasteiger partial charge is 0.264 e. The molecule has 192 valence electrons. The van der Waals surface area contributed by atoms with Gasteiger partial charge in [-0.25, -0.2) is 8.42 Å². The molecule has 0 radical (unpaired) electrons. The van der Waals surface area contributed by atoms with Crippen LogP contribution >= 0.6 is 0 Å². The van der Waals surface area contributed by atoms with Crippen LogP contribution in [0.4, 0.5) is 5.69 Å². The summed E-state index contributed by atoms with van der Waals surface area (Å²) in [6, 6.07) is 24.5. The van der Waals surface area contributed by atoms with Crippen LogP contribution in [-0.2, 0) is 14.8 Å². The van der Waals surface area contributed by atoms with E-state index in [9.17, 15) is 13.2 Å². The average Bonchev–Trinajstić information content (AvgIpc) is 2.88. The van der Waals surface area contributed by atoms with Crippen molar-refractivity contribution in [3.8, 4) is 11.5 Å². The molecule has 0 aromatic heterocycles. The molecule has 7 heteroatoms. The molecule has 0 saturated heterocycles. The first-order chi connectivity index (χ1) is 17.9. The lowest BCUT2D eigenvalue weighted by Gasteiger charge is -2.57. The minimum absolute atomic E-state index is 0.155. The standard InChI is InChI=1S/C30H32N2O4S/c33-29(31-30-18-22-15-23(19-30)17-24(16-22)20-30)21-32(37(34,35)28-9-5-2-6-10-28)25-11-13-27(14-12-25)36-26-7-3-1-4-8-26/h1-14,22-24H,15-21H2,(H,31,33). The number of carbonyl (C=O) groups is 1. The van der Waals surface area contributed by atoms with Gasteiger partial charge in [0.2, 0.25) is 5.91 Å². The number of amides is 1. The summed E-state index contributed by atoms with van der Waals surface area (Å²) in [6.07, 6.45) is 6.88. The van der Waals surface area contributed by atoms with Crippen molar-refractivity contribution in [2.24, 2.45) is 17.8 Å². The van der Waals surface area contributed by atoms with E-state index >= 15 is 0 Å². The molecule has 1 amide bonds. The van der Waals surface area contributed by atoms with Crippen LogP contribution in [0.3, 0.4) is 0 Å². The Morgan fingerprint density at radius 3 is 1.86 bits per heavy atom. The maximum absolute atomic E-state index is 13.7. The largest absolute Gasteiger partial charge is 0.457 e. The van der Waals surface area contributed by atoms with Gasteiger partial charge >= 0.3 is 0 Å². The van der Waals surface area contributed by atoms with Crippen molar-refractivity contribution in [3.63, 3.8) is 0 Å². The first-order valence-electron chi connectivity index (χ1n) is 13.1. The third-order valence-electron chi connectivity index (χ3n) is 8.16. The normalized spacial score (nSPS) is 26.0. The molecule has 4 aliphatic rings. The first kappa shape index (κ1) is 24.0. The SMILES string of the molecule is O=C(CN(c1ccc(Oc2ccccc2)cc1)S(=O)(=O)c1ccccc1)NC12CC3CC(CC(C3)C1)C2. The van der Waals surface area contributed by atoms with E-state index < -0.39 is 10.0 Å². The van der Waals surface area contributed by atoms with E-state index in [-0.39, 0.29) is 22.9 Å². The molecule has 0 unspecified atom stereocenters. The van der Waals surface area contributed by atoms with Crippen LogP contribution in [0.25, 0.3) is 0 Å².